The Bertz CT molecular complexity index is 413. The lowest BCUT2D eigenvalue weighted by atomic mass is 9.84. The summed E-state index contributed by atoms with van der Waals surface area (Å²) in [6.07, 6.45) is 8.30. The third-order valence-electron chi connectivity index (χ3n) is 4.84. The van der Waals surface area contributed by atoms with Crippen LogP contribution in [0.1, 0.15) is 56.8 Å². The van der Waals surface area contributed by atoms with Crippen LogP contribution in [0.3, 0.4) is 0 Å². The molecule has 1 heterocycles. The Morgan fingerprint density at radius 3 is 2.67 bits per heavy atom. The number of hydrogen-bond donors (Lipinski definition) is 1. The van der Waals surface area contributed by atoms with E-state index in [1.165, 1.54) is 44.2 Å². The standard InChI is InChI=1S/C18H31N3/c1-3-21(14-17-11-7-8-15(2)20-17)18(13-19)12-16-9-5-4-6-10-16/h7-8,11,16,18H,3-6,9-10,12-14,19H2,1-2H3. The van der Waals surface area contributed by atoms with E-state index in [1.54, 1.807) is 0 Å². The highest BCUT2D eigenvalue weighted by Crippen LogP contribution is 2.28. The highest BCUT2D eigenvalue weighted by Gasteiger charge is 2.22. The molecule has 0 radical (unpaired) electrons. The molecule has 1 saturated carbocycles. The molecular formula is C18H31N3. The van der Waals surface area contributed by atoms with Gasteiger partial charge in [-0.2, -0.15) is 0 Å². The van der Waals surface area contributed by atoms with E-state index in [-0.39, 0.29) is 0 Å². The Morgan fingerprint density at radius 2 is 2.05 bits per heavy atom. The molecule has 1 unspecified atom stereocenters. The van der Waals surface area contributed by atoms with Crippen molar-refractivity contribution in [1.82, 2.24) is 9.88 Å². The van der Waals surface area contributed by atoms with Gasteiger partial charge in [0.2, 0.25) is 0 Å². The molecule has 3 nitrogen and oxygen atoms in total. The van der Waals surface area contributed by atoms with E-state index in [0.29, 0.717) is 6.04 Å². The first-order chi connectivity index (χ1) is 10.2. The number of pyridine rings is 1. The van der Waals surface area contributed by atoms with Crippen molar-refractivity contribution in [2.24, 2.45) is 11.7 Å². The molecule has 118 valence electrons. The molecule has 1 fully saturated rings. The van der Waals surface area contributed by atoms with Gasteiger partial charge in [0.05, 0.1) is 5.69 Å². The van der Waals surface area contributed by atoms with Crippen LogP contribution in [-0.4, -0.2) is 29.0 Å². The van der Waals surface area contributed by atoms with Crippen molar-refractivity contribution in [3.63, 3.8) is 0 Å². The average molecular weight is 289 g/mol. The van der Waals surface area contributed by atoms with Crippen molar-refractivity contribution in [3.8, 4) is 0 Å². The van der Waals surface area contributed by atoms with Crippen LogP contribution in [-0.2, 0) is 6.54 Å². The third kappa shape index (κ3) is 5.08. The van der Waals surface area contributed by atoms with E-state index in [2.05, 4.69) is 41.9 Å². The molecule has 0 bridgehead atoms. The van der Waals surface area contributed by atoms with Crippen LogP contribution in [0.5, 0.6) is 0 Å². The molecule has 0 amide bonds. The molecule has 1 aliphatic carbocycles. The smallest absolute Gasteiger partial charge is 0.0547 e. The minimum Gasteiger partial charge on any atom is -0.329 e. The average Bonchev–Trinajstić information content (AvgIpc) is 2.51. The van der Waals surface area contributed by atoms with Gasteiger partial charge in [0, 0.05) is 24.8 Å². The van der Waals surface area contributed by atoms with E-state index in [0.717, 1.165) is 31.2 Å². The minimum atomic E-state index is 0.500. The lowest BCUT2D eigenvalue weighted by Crippen LogP contribution is -2.41. The lowest BCUT2D eigenvalue weighted by molar-refractivity contribution is 0.158. The summed E-state index contributed by atoms with van der Waals surface area (Å²) in [7, 11) is 0. The number of likely N-dealkylation sites (N-methyl/N-ethyl adjacent to an activating group) is 1. The van der Waals surface area contributed by atoms with E-state index in [4.69, 9.17) is 5.73 Å². The summed E-state index contributed by atoms with van der Waals surface area (Å²) in [5.74, 6) is 0.881. The van der Waals surface area contributed by atoms with Gasteiger partial charge in [0.15, 0.2) is 0 Å². The summed E-state index contributed by atoms with van der Waals surface area (Å²) < 4.78 is 0. The third-order valence-corrected chi connectivity index (χ3v) is 4.84. The van der Waals surface area contributed by atoms with Crippen molar-refractivity contribution in [3.05, 3.63) is 29.6 Å². The van der Waals surface area contributed by atoms with Gasteiger partial charge in [0.1, 0.15) is 0 Å². The summed E-state index contributed by atoms with van der Waals surface area (Å²) in [5.41, 5.74) is 8.35. The molecule has 2 N–H and O–H groups in total. The number of rotatable bonds is 7. The predicted molar refractivity (Wildman–Crippen MR) is 89.1 cm³/mol. The number of aryl methyl sites for hydroxylation is 1. The Hall–Kier alpha value is -0.930. The molecule has 2 rings (SSSR count). The maximum absolute atomic E-state index is 6.09. The van der Waals surface area contributed by atoms with Crippen molar-refractivity contribution in [2.75, 3.05) is 13.1 Å². The molecule has 0 spiro atoms. The van der Waals surface area contributed by atoms with Gasteiger partial charge >= 0.3 is 0 Å². The molecule has 0 aromatic carbocycles. The molecule has 1 aromatic heterocycles. The predicted octanol–water partition coefficient (Wildman–Crippen LogP) is 3.51. The van der Waals surface area contributed by atoms with Gasteiger partial charge in [-0.15, -0.1) is 0 Å². The molecule has 1 aliphatic rings. The summed E-state index contributed by atoms with van der Waals surface area (Å²) in [6, 6.07) is 6.79. The van der Waals surface area contributed by atoms with Gasteiger partial charge in [-0.1, -0.05) is 45.1 Å². The van der Waals surface area contributed by atoms with Crippen LogP contribution in [0.25, 0.3) is 0 Å². The number of nitrogens with zero attached hydrogens (tertiary/aromatic N) is 2. The fourth-order valence-electron chi connectivity index (χ4n) is 3.60. The Labute approximate surface area is 129 Å². The zero-order chi connectivity index (χ0) is 15.1. The summed E-state index contributed by atoms with van der Waals surface area (Å²) in [6.45, 7) is 7.02. The zero-order valence-corrected chi connectivity index (χ0v) is 13.7. The van der Waals surface area contributed by atoms with Crippen LogP contribution in [0, 0.1) is 12.8 Å². The van der Waals surface area contributed by atoms with Crippen LogP contribution in [0.4, 0.5) is 0 Å². The number of aromatic nitrogens is 1. The largest absolute Gasteiger partial charge is 0.329 e. The second-order valence-electron chi connectivity index (χ2n) is 6.46. The molecule has 0 saturated heterocycles. The van der Waals surface area contributed by atoms with E-state index in [9.17, 15) is 0 Å². The first-order valence-corrected chi connectivity index (χ1v) is 8.59. The SMILES string of the molecule is CCN(Cc1cccc(C)n1)C(CN)CC1CCCCC1. The summed E-state index contributed by atoms with van der Waals surface area (Å²) in [4.78, 5) is 7.15. The lowest BCUT2D eigenvalue weighted by Gasteiger charge is -2.33. The molecule has 3 heteroatoms. The summed E-state index contributed by atoms with van der Waals surface area (Å²) in [5, 5.41) is 0. The fraction of sp³-hybridized carbons (Fsp3) is 0.722. The van der Waals surface area contributed by atoms with Gasteiger partial charge in [-0.25, -0.2) is 0 Å². The summed E-state index contributed by atoms with van der Waals surface area (Å²) >= 11 is 0. The first-order valence-electron chi connectivity index (χ1n) is 8.59. The highest BCUT2D eigenvalue weighted by molar-refractivity contribution is 5.10. The van der Waals surface area contributed by atoms with Crippen LogP contribution < -0.4 is 5.73 Å². The second kappa shape index (κ2) is 8.50. The van der Waals surface area contributed by atoms with Crippen molar-refractivity contribution >= 4 is 0 Å². The minimum absolute atomic E-state index is 0.500. The van der Waals surface area contributed by atoms with E-state index >= 15 is 0 Å². The first kappa shape index (κ1) is 16.4. The van der Waals surface area contributed by atoms with Gasteiger partial charge in [-0.3, -0.25) is 9.88 Å². The maximum atomic E-state index is 6.09. The van der Waals surface area contributed by atoms with Crippen LogP contribution in [0.2, 0.25) is 0 Å². The Morgan fingerprint density at radius 1 is 1.29 bits per heavy atom. The maximum Gasteiger partial charge on any atom is 0.0547 e. The van der Waals surface area contributed by atoms with Crippen molar-refractivity contribution < 1.29 is 0 Å². The van der Waals surface area contributed by atoms with Crippen molar-refractivity contribution in [1.29, 1.82) is 0 Å². The highest BCUT2D eigenvalue weighted by atomic mass is 15.2. The molecule has 21 heavy (non-hydrogen) atoms. The Kier molecular flexibility index (Phi) is 6.65. The quantitative estimate of drug-likeness (QED) is 0.835. The van der Waals surface area contributed by atoms with E-state index in [1.807, 2.05) is 0 Å². The van der Waals surface area contributed by atoms with Gasteiger partial charge < -0.3 is 5.73 Å². The number of hydrogen-bond acceptors (Lipinski definition) is 3. The van der Waals surface area contributed by atoms with Gasteiger partial charge in [-0.05, 0) is 37.9 Å². The van der Waals surface area contributed by atoms with Crippen LogP contribution >= 0.6 is 0 Å². The molecule has 0 aliphatic heterocycles. The molecule has 1 aromatic rings. The van der Waals surface area contributed by atoms with Gasteiger partial charge in [0.25, 0.3) is 0 Å². The molecular weight excluding hydrogens is 258 g/mol. The fourth-order valence-corrected chi connectivity index (χ4v) is 3.60. The van der Waals surface area contributed by atoms with E-state index < -0.39 is 0 Å². The second-order valence-corrected chi connectivity index (χ2v) is 6.46. The normalized spacial score (nSPS) is 18.1. The molecule has 1 atom stereocenters. The van der Waals surface area contributed by atoms with Crippen molar-refractivity contribution in [2.45, 2.75) is 65.0 Å². The number of nitrogens with two attached hydrogens (primary N) is 1. The van der Waals surface area contributed by atoms with Crippen LogP contribution in [0.15, 0.2) is 18.2 Å². The monoisotopic (exact) mass is 289 g/mol. The Balaban J connectivity index is 1.95. The topological polar surface area (TPSA) is 42.2 Å². The zero-order valence-electron chi connectivity index (χ0n) is 13.7.